The fourth-order valence-electron chi connectivity index (χ4n) is 1.49. The smallest absolute Gasteiger partial charge is 0.141 e. The normalized spacial score (nSPS) is 10.3. The first-order chi connectivity index (χ1) is 8.06. The highest BCUT2D eigenvalue weighted by Gasteiger charge is 2.02. The Kier molecular flexibility index (Phi) is 3.20. The molecule has 0 aliphatic heterocycles. The number of nitrogens with two attached hydrogens (primary N) is 1. The molecule has 0 fully saturated rings. The SMILES string of the molecule is Cc1cc(Nc2ccc(F)c(Cl)c2)ccc1N. The lowest BCUT2D eigenvalue weighted by Gasteiger charge is -2.09. The van der Waals surface area contributed by atoms with Crippen molar-refractivity contribution < 1.29 is 4.39 Å². The van der Waals surface area contributed by atoms with Crippen molar-refractivity contribution in [2.75, 3.05) is 11.1 Å². The second-order valence-corrected chi connectivity index (χ2v) is 4.23. The molecule has 0 aliphatic carbocycles. The van der Waals surface area contributed by atoms with Crippen molar-refractivity contribution in [3.8, 4) is 0 Å². The number of anilines is 3. The lowest BCUT2D eigenvalue weighted by atomic mass is 10.2. The molecular formula is C13H12ClFN2. The summed E-state index contributed by atoms with van der Waals surface area (Å²) in [4.78, 5) is 0. The van der Waals surface area contributed by atoms with E-state index in [2.05, 4.69) is 5.32 Å². The van der Waals surface area contributed by atoms with Gasteiger partial charge in [-0.25, -0.2) is 4.39 Å². The summed E-state index contributed by atoms with van der Waals surface area (Å²) in [6.45, 7) is 1.93. The Morgan fingerprint density at radius 1 is 1.12 bits per heavy atom. The van der Waals surface area contributed by atoms with Crippen LogP contribution in [-0.4, -0.2) is 0 Å². The molecule has 0 atom stereocenters. The molecule has 0 saturated heterocycles. The molecule has 0 radical (unpaired) electrons. The number of halogens is 2. The van der Waals surface area contributed by atoms with Gasteiger partial charge in [-0.2, -0.15) is 0 Å². The molecule has 0 heterocycles. The quantitative estimate of drug-likeness (QED) is 0.787. The third-order valence-corrected chi connectivity index (χ3v) is 2.77. The summed E-state index contributed by atoms with van der Waals surface area (Å²) in [6.07, 6.45) is 0. The number of hydrogen-bond donors (Lipinski definition) is 2. The first-order valence-electron chi connectivity index (χ1n) is 5.14. The van der Waals surface area contributed by atoms with Gasteiger partial charge in [0.15, 0.2) is 0 Å². The molecule has 0 bridgehead atoms. The summed E-state index contributed by atoms with van der Waals surface area (Å²) >= 11 is 5.70. The summed E-state index contributed by atoms with van der Waals surface area (Å²) < 4.78 is 13.0. The number of aryl methyl sites for hydroxylation is 1. The van der Waals surface area contributed by atoms with E-state index in [9.17, 15) is 4.39 Å². The standard InChI is InChI=1S/C13H12ClFN2/c1-8-6-9(3-5-13(8)16)17-10-2-4-12(15)11(14)7-10/h2-7,17H,16H2,1H3. The second-order valence-electron chi connectivity index (χ2n) is 3.83. The van der Waals surface area contributed by atoms with Crippen LogP contribution in [0.25, 0.3) is 0 Å². The lowest BCUT2D eigenvalue weighted by Crippen LogP contribution is -1.94. The van der Waals surface area contributed by atoms with Gasteiger partial charge < -0.3 is 11.1 Å². The maximum absolute atomic E-state index is 13.0. The van der Waals surface area contributed by atoms with Gasteiger partial charge in [0.1, 0.15) is 5.82 Å². The van der Waals surface area contributed by atoms with Crippen LogP contribution in [0.4, 0.5) is 21.5 Å². The average Bonchev–Trinajstić information content (AvgIpc) is 2.29. The van der Waals surface area contributed by atoms with E-state index in [1.165, 1.54) is 6.07 Å². The molecule has 4 heteroatoms. The van der Waals surface area contributed by atoms with Crippen LogP contribution in [0.5, 0.6) is 0 Å². The Bertz CT molecular complexity index is 506. The van der Waals surface area contributed by atoms with Crippen molar-refractivity contribution in [3.05, 3.63) is 52.8 Å². The van der Waals surface area contributed by atoms with E-state index in [0.29, 0.717) is 0 Å². The van der Waals surface area contributed by atoms with Crippen molar-refractivity contribution in [2.24, 2.45) is 0 Å². The second kappa shape index (κ2) is 4.63. The zero-order valence-electron chi connectivity index (χ0n) is 9.30. The van der Waals surface area contributed by atoms with Gasteiger partial charge in [0.25, 0.3) is 0 Å². The summed E-state index contributed by atoms with van der Waals surface area (Å²) in [7, 11) is 0. The van der Waals surface area contributed by atoms with Gasteiger partial charge in [0, 0.05) is 17.1 Å². The van der Waals surface area contributed by atoms with E-state index in [-0.39, 0.29) is 5.02 Å². The van der Waals surface area contributed by atoms with Crippen LogP contribution in [0, 0.1) is 12.7 Å². The predicted octanol–water partition coefficient (Wildman–Crippen LogP) is 4.11. The van der Waals surface area contributed by atoms with Gasteiger partial charge in [0.05, 0.1) is 5.02 Å². The topological polar surface area (TPSA) is 38.0 Å². The number of rotatable bonds is 2. The molecule has 3 N–H and O–H groups in total. The first kappa shape index (κ1) is 11.7. The van der Waals surface area contributed by atoms with Gasteiger partial charge in [-0.1, -0.05) is 11.6 Å². The van der Waals surface area contributed by atoms with E-state index in [1.54, 1.807) is 12.1 Å². The molecule has 2 nitrogen and oxygen atoms in total. The third-order valence-electron chi connectivity index (χ3n) is 2.48. The number of hydrogen-bond acceptors (Lipinski definition) is 2. The Labute approximate surface area is 104 Å². The van der Waals surface area contributed by atoms with Crippen molar-refractivity contribution in [1.29, 1.82) is 0 Å². The van der Waals surface area contributed by atoms with Gasteiger partial charge in [-0.15, -0.1) is 0 Å². The van der Waals surface area contributed by atoms with Crippen LogP contribution in [0.15, 0.2) is 36.4 Å². The molecule has 2 rings (SSSR count). The molecular weight excluding hydrogens is 239 g/mol. The Hall–Kier alpha value is -1.74. The van der Waals surface area contributed by atoms with Gasteiger partial charge in [-0.05, 0) is 48.9 Å². The molecule has 0 aliphatic rings. The molecule has 17 heavy (non-hydrogen) atoms. The summed E-state index contributed by atoms with van der Waals surface area (Å²) in [5, 5.41) is 3.23. The zero-order chi connectivity index (χ0) is 12.4. The van der Waals surface area contributed by atoms with Crippen molar-refractivity contribution in [3.63, 3.8) is 0 Å². The van der Waals surface area contributed by atoms with Gasteiger partial charge in [-0.3, -0.25) is 0 Å². The van der Waals surface area contributed by atoms with E-state index >= 15 is 0 Å². The molecule has 2 aromatic rings. The van der Waals surface area contributed by atoms with Crippen LogP contribution in [0.1, 0.15) is 5.56 Å². The highest BCUT2D eigenvalue weighted by Crippen LogP contribution is 2.24. The fourth-order valence-corrected chi connectivity index (χ4v) is 1.67. The summed E-state index contributed by atoms with van der Waals surface area (Å²) in [5.41, 5.74) is 9.08. The fraction of sp³-hybridized carbons (Fsp3) is 0.0769. The van der Waals surface area contributed by atoms with Crippen LogP contribution in [-0.2, 0) is 0 Å². The highest BCUT2D eigenvalue weighted by atomic mass is 35.5. The monoisotopic (exact) mass is 250 g/mol. The van der Waals surface area contributed by atoms with Crippen molar-refractivity contribution in [2.45, 2.75) is 6.92 Å². The lowest BCUT2D eigenvalue weighted by molar-refractivity contribution is 0.628. The van der Waals surface area contributed by atoms with Gasteiger partial charge >= 0.3 is 0 Å². The number of nitrogens with one attached hydrogen (secondary N) is 1. The Morgan fingerprint density at radius 3 is 2.41 bits per heavy atom. The van der Waals surface area contributed by atoms with Crippen LogP contribution < -0.4 is 11.1 Å². The Morgan fingerprint density at radius 2 is 1.76 bits per heavy atom. The van der Waals surface area contributed by atoms with Crippen molar-refractivity contribution >= 4 is 28.7 Å². The van der Waals surface area contributed by atoms with Gasteiger partial charge in [0.2, 0.25) is 0 Å². The zero-order valence-corrected chi connectivity index (χ0v) is 10.1. The van der Waals surface area contributed by atoms with Crippen LogP contribution >= 0.6 is 11.6 Å². The molecule has 0 spiro atoms. The maximum Gasteiger partial charge on any atom is 0.141 e. The van der Waals surface area contributed by atoms with Crippen LogP contribution in [0.3, 0.4) is 0 Å². The molecule has 88 valence electrons. The number of nitrogen functional groups attached to an aromatic ring is 1. The minimum Gasteiger partial charge on any atom is -0.399 e. The predicted molar refractivity (Wildman–Crippen MR) is 70.3 cm³/mol. The molecule has 0 amide bonds. The maximum atomic E-state index is 13.0. The molecule has 0 aromatic heterocycles. The minimum atomic E-state index is -0.425. The summed E-state index contributed by atoms with van der Waals surface area (Å²) in [6, 6.07) is 10.1. The summed E-state index contributed by atoms with van der Waals surface area (Å²) in [5.74, 6) is -0.425. The first-order valence-corrected chi connectivity index (χ1v) is 5.52. The molecule has 0 unspecified atom stereocenters. The minimum absolute atomic E-state index is 0.0992. The largest absolute Gasteiger partial charge is 0.399 e. The average molecular weight is 251 g/mol. The Balaban J connectivity index is 2.25. The molecule has 2 aromatic carbocycles. The van der Waals surface area contributed by atoms with E-state index in [1.807, 2.05) is 25.1 Å². The van der Waals surface area contributed by atoms with E-state index in [0.717, 1.165) is 22.6 Å². The van der Waals surface area contributed by atoms with E-state index in [4.69, 9.17) is 17.3 Å². The third kappa shape index (κ3) is 2.68. The van der Waals surface area contributed by atoms with Crippen molar-refractivity contribution in [1.82, 2.24) is 0 Å². The van der Waals surface area contributed by atoms with E-state index < -0.39 is 5.82 Å². The molecule has 0 saturated carbocycles. The number of benzene rings is 2. The van der Waals surface area contributed by atoms with Crippen LogP contribution in [0.2, 0.25) is 5.02 Å². The highest BCUT2D eigenvalue weighted by molar-refractivity contribution is 6.31.